The Hall–Kier alpha value is -0.380. The Kier molecular flexibility index (Phi) is 4.38. The van der Waals surface area contributed by atoms with Gasteiger partial charge in [0, 0.05) is 11.5 Å². The van der Waals surface area contributed by atoms with E-state index in [0.29, 0.717) is 5.41 Å². The lowest BCUT2D eigenvalue weighted by molar-refractivity contribution is 0.0798. The number of hydrogen-bond acceptors (Lipinski definition) is 1. The van der Waals surface area contributed by atoms with Crippen LogP contribution < -0.4 is 5.32 Å². The third-order valence-corrected chi connectivity index (χ3v) is 5.55. The standard InChI is InChI=1S/C16H21N.BrH.H2O/c1-2-6-13-12(5-1)11-15-14-7-3-4-8-16(13,14)9-10-17-15;;/h1-2,5-6,14-15,17H,3-4,7-11H2;1H;1H2/t14-,15+,16-;;/m0../s1. The van der Waals surface area contributed by atoms with Gasteiger partial charge >= 0.3 is 0 Å². The van der Waals surface area contributed by atoms with Gasteiger partial charge in [0.05, 0.1) is 0 Å². The minimum absolute atomic E-state index is 0. The van der Waals surface area contributed by atoms with Crippen LogP contribution in [0.25, 0.3) is 0 Å². The summed E-state index contributed by atoms with van der Waals surface area (Å²) in [4.78, 5) is 0. The Balaban J connectivity index is 0.000000667. The van der Waals surface area contributed by atoms with Crippen molar-refractivity contribution in [1.82, 2.24) is 5.32 Å². The Morgan fingerprint density at radius 1 is 1.11 bits per heavy atom. The van der Waals surface area contributed by atoms with Crippen molar-refractivity contribution < 1.29 is 5.48 Å². The Morgan fingerprint density at radius 3 is 2.84 bits per heavy atom. The second kappa shape index (κ2) is 5.55. The molecular weight excluding hydrogens is 302 g/mol. The molecule has 1 saturated carbocycles. The van der Waals surface area contributed by atoms with Crippen LogP contribution >= 0.6 is 17.0 Å². The fourth-order valence-corrected chi connectivity index (χ4v) is 4.89. The molecule has 4 rings (SSSR count). The fraction of sp³-hybridized carbons (Fsp3) is 0.625. The molecule has 0 spiro atoms. The lowest BCUT2D eigenvalue weighted by atomic mass is 9.53. The predicted molar refractivity (Wildman–Crippen MR) is 84.1 cm³/mol. The highest BCUT2D eigenvalue weighted by atomic mass is 79.9. The van der Waals surface area contributed by atoms with Crippen molar-refractivity contribution in [1.29, 1.82) is 0 Å². The van der Waals surface area contributed by atoms with Crippen molar-refractivity contribution in [2.45, 2.75) is 50.0 Å². The van der Waals surface area contributed by atoms with Gasteiger partial charge in [-0.1, -0.05) is 37.1 Å². The number of nitrogens with one attached hydrogen (secondary N) is 1. The quantitative estimate of drug-likeness (QED) is 0.783. The number of halogens is 1. The summed E-state index contributed by atoms with van der Waals surface area (Å²) in [6.07, 6.45) is 8.41. The van der Waals surface area contributed by atoms with Gasteiger partial charge in [-0.2, -0.15) is 0 Å². The number of fused-ring (bicyclic) bond motifs is 1. The molecule has 2 bridgehead atoms. The molecule has 0 amide bonds. The van der Waals surface area contributed by atoms with E-state index in [0.717, 1.165) is 12.0 Å². The fourth-order valence-electron chi connectivity index (χ4n) is 4.89. The smallest absolute Gasteiger partial charge is 0.0144 e. The zero-order valence-corrected chi connectivity index (χ0v) is 13.0. The first-order valence-corrected chi connectivity index (χ1v) is 7.22. The minimum atomic E-state index is 0. The zero-order valence-electron chi connectivity index (χ0n) is 11.3. The van der Waals surface area contributed by atoms with Crippen molar-refractivity contribution in [3.63, 3.8) is 0 Å². The van der Waals surface area contributed by atoms with Gasteiger partial charge in [-0.15, -0.1) is 17.0 Å². The van der Waals surface area contributed by atoms with E-state index >= 15 is 0 Å². The average molecular weight is 326 g/mol. The number of hydrogen-bond donors (Lipinski definition) is 1. The van der Waals surface area contributed by atoms with Crippen LogP contribution in [0.1, 0.15) is 43.2 Å². The van der Waals surface area contributed by atoms with Crippen LogP contribution in [0.4, 0.5) is 0 Å². The van der Waals surface area contributed by atoms with E-state index in [9.17, 15) is 0 Å². The lowest BCUT2D eigenvalue weighted by Crippen LogP contribution is -2.59. The molecule has 1 aromatic rings. The summed E-state index contributed by atoms with van der Waals surface area (Å²) in [5.41, 5.74) is 3.88. The number of rotatable bonds is 0. The van der Waals surface area contributed by atoms with Crippen molar-refractivity contribution in [3.8, 4) is 0 Å². The molecule has 3 heteroatoms. The van der Waals surface area contributed by atoms with Crippen LogP contribution in [0.3, 0.4) is 0 Å². The second-order valence-electron chi connectivity index (χ2n) is 6.18. The summed E-state index contributed by atoms with van der Waals surface area (Å²) in [5.74, 6) is 0.917. The van der Waals surface area contributed by atoms with Crippen molar-refractivity contribution in [3.05, 3.63) is 35.4 Å². The molecule has 2 nitrogen and oxygen atoms in total. The van der Waals surface area contributed by atoms with Crippen LogP contribution in [0, 0.1) is 5.92 Å². The predicted octanol–water partition coefficient (Wildman–Crippen LogP) is 2.79. The van der Waals surface area contributed by atoms with Gasteiger partial charge in [0.2, 0.25) is 0 Å². The molecule has 1 saturated heterocycles. The maximum absolute atomic E-state index is 3.79. The molecule has 3 N–H and O–H groups in total. The van der Waals surface area contributed by atoms with Crippen LogP contribution in [0.2, 0.25) is 0 Å². The monoisotopic (exact) mass is 325 g/mol. The third kappa shape index (κ3) is 2.07. The van der Waals surface area contributed by atoms with Gasteiger partial charge in [0.25, 0.3) is 0 Å². The van der Waals surface area contributed by atoms with Gasteiger partial charge < -0.3 is 10.8 Å². The summed E-state index contributed by atoms with van der Waals surface area (Å²) in [6, 6.07) is 10.0. The van der Waals surface area contributed by atoms with Gasteiger partial charge in [0.15, 0.2) is 0 Å². The van der Waals surface area contributed by atoms with E-state index in [4.69, 9.17) is 0 Å². The maximum Gasteiger partial charge on any atom is 0.0144 e. The third-order valence-electron chi connectivity index (χ3n) is 5.55. The first-order valence-electron chi connectivity index (χ1n) is 7.22. The summed E-state index contributed by atoms with van der Waals surface area (Å²) >= 11 is 0. The van der Waals surface area contributed by atoms with Gasteiger partial charge in [-0.3, -0.25) is 0 Å². The largest absolute Gasteiger partial charge is 0.412 e. The minimum Gasteiger partial charge on any atom is -0.412 e. The Morgan fingerprint density at radius 2 is 1.95 bits per heavy atom. The van der Waals surface area contributed by atoms with E-state index in [1.165, 1.54) is 45.1 Å². The van der Waals surface area contributed by atoms with Crippen LogP contribution in [-0.4, -0.2) is 18.1 Å². The van der Waals surface area contributed by atoms with Gasteiger partial charge in [-0.05, 0) is 49.3 Å². The summed E-state index contributed by atoms with van der Waals surface area (Å²) in [7, 11) is 0. The van der Waals surface area contributed by atoms with Crippen LogP contribution in [0.15, 0.2) is 24.3 Å². The molecular formula is C16H24BrNO. The average Bonchev–Trinajstić information content (AvgIpc) is 2.39. The Bertz CT molecular complexity index is 446. The van der Waals surface area contributed by atoms with Crippen LogP contribution in [0.5, 0.6) is 0 Å². The zero-order chi connectivity index (χ0) is 11.3. The van der Waals surface area contributed by atoms with Crippen molar-refractivity contribution in [2.75, 3.05) is 6.54 Å². The first-order chi connectivity index (χ1) is 8.40. The molecule has 3 atom stereocenters. The molecule has 2 fully saturated rings. The Labute approximate surface area is 126 Å². The maximum atomic E-state index is 3.79. The molecule has 106 valence electrons. The highest BCUT2D eigenvalue weighted by molar-refractivity contribution is 8.93. The van der Waals surface area contributed by atoms with Crippen LogP contribution in [-0.2, 0) is 11.8 Å². The summed E-state index contributed by atoms with van der Waals surface area (Å²) in [5, 5.41) is 3.79. The summed E-state index contributed by atoms with van der Waals surface area (Å²) in [6.45, 7) is 1.23. The summed E-state index contributed by atoms with van der Waals surface area (Å²) < 4.78 is 0. The van der Waals surface area contributed by atoms with Crippen molar-refractivity contribution >= 4 is 17.0 Å². The molecule has 1 aromatic carbocycles. The van der Waals surface area contributed by atoms with E-state index in [-0.39, 0.29) is 22.5 Å². The first kappa shape index (κ1) is 15.0. The molecule has 1 heterocycles. The number of benzene rings is 1. The lowest BCUT2D eigenvalue weighted by Gasteiger charge is -2.56. The molecule has 0 unspecified atom stereocenters. The molecule has 1 aliphatic heterocycles. The van der Waals surface area contributed by atoms with E-state index < -0.39 is 0 Å². The molecule has 2 aliphatic carbocycles. The van der Waals surface area contributed by atoms with Gasteiger partial charge in [-0.25, -0.2) is 0 Å². The SMILES string of the molecule is Br.O.c1ccc2c(c1)C[C@H]1NCC[C@@]23CCCC[C@@H]13. The highest BCUT2D eigenvalue weighted by Gasteiger charge is 2.51. The topological polar surface area (TPSA) is 43.5 Å². The highest BCUT2D eigenvalue weighted by Crippen LogP contribution is 2.53. The second-order valence-corrected chi connectivity index (χ2v) is 6.18. The molecule has 19 heavy (non-hydrogen) atoms. The van der Waals surface area contributed by atoms with Crippen molar-refractivity contribution in [2.24, 2.45) is 5.92 Å². The molecule has 3 aliphatic rings. The van der Waals surface area contributed by atoms with E-state index in [1.54, 1.807) is 11.1 Å². The van der Waals surface area contributed by atoms with Gasteiger partial charge in [0.1, 0.15) is 0 Å². The normalized spacial score (nSPS) is 35.2. The number of piperidine rings is 1. The van der Waals surface area contributed by atoms with E-state index in [1.807, 2.05) is 0 Å². The van der Waals surface area contributed by atoms with E-state index in [2.05, 4.69) is 29.6 Å². The molecule has 0 aromatic heterocycles. The molecule has 0 radical (unpaired) electrons.